The molecule has 1 N–H and O–H groups in total. The molecule has 0 aliphatic heterocycles. The van der Waals surface area contributed by atoms with Gasteiger partial charge in [-0.05, 0) is 13.2 Å². The first kappa shape index (κ1) is 8.78. The Labute approximate surface area is 59.7 Å². The lowest BCUT2D eigenvalue weighted by atomic mass is 10.8. The minimum absolute atomic E-state index is 0.650. The van der Waals surface area contributed by atoms with Crippen LogP contribution in [-0.4, -0.2) is 35.3 Å². The quantitative estimate of drug-likeness (QED) is 0.343. The van der Waals surface area contributed by atoms with Crippen LogP contribution in [0.3, 0.4) is 0 Å². The summed E-state index contributed by atoms with van der Waals surface area (Å²) >= 11 is 1.43. The first-order chi connectivity index (χ1) is 4.22. The van der Waals surface area contributed by atoms with Crippen molar-refractivity contribution in [1.29, 1.82) is 0 Å². The molecule has 0 bridgehead atoms. The number of nitrogens with zero attached hydrogens (tertiary/aromatic N) is 2. The molecule has 0 radical (unpaired) electrons. The number of amidine groups is 1. The summed E-state index contributed by atoms with van der Waals surface area (Å²) in [5.74, 6) is 0. The predicted octanol–water partition coefficient (Wildman–Crippen LogP) is 1.05. The molecule has 0 heterocycles. The van der Waals surface area contributed by atoms with E-state index >= 15 is 0 Å². The van der Waals surface area contributed by atoms with Crippen LogP contribution >= 0.6 is 11.8 Å². The fourth-order valence-electron chi connectivity index (χ4n) is 0.434. The summed E-state index contributed by atoms with van der Waals surface area (Å²) < 4.78 is 0. The highest BCUT2D eigenvalue weighted by Crippen LogP contribution is 1.99. The van der Waals surface area contributed by atoms with E-state index in [0.717, 1.165) is 5.06 Å². The van der Waals surface area contributed by atoms with E-state index in [-0.39, 0.29) is 0 Å². The summed E-state index contributed by atoms with van der Waals surface area (Å²) in [7, 11) is 1.56. The van der Waals surface area contributed by atoms with Crippen molar-refractivity contribution in [3.8, 4) is 0 Å². The number of thioether (sulfide) groups is 1. The zero-order valence-electron chi connectivity index (χ0n) is 5.96. The maximum atomic E-state index is 8.82. The van der Waals surface area contributed by atoms with Gasteiger partial charge in [0.1, 0.15) is 0 Å². The molecule has 0 unspecified atom stereocenters. The molecule has 0 fully saturated rings. The van der Waals surface area contributed by atoms with Gasteiger partial charge in [-0.2, -0.15) is 0 Å². The van der Waals surface area contributed by atoms with Crippen LogP contribution in [-0.2, 0) is 0 Å². The lowest BCUT2D eigenvalue weighted by molar-refractivity contribution is 0.0174. The van der Waals surface area contributed by atoms with Crippen LogP contribution in [0.5, 0.6) is 0 Å². The molecule has 4 heteroatoms. The Kier molecular flexibility index (Phi) is 4.53. The second-order valence-corrected chi connectivity index (χ2v) is 2.26. The molecule has 0 atom stereocenters. The molecular weight excluding hydrogens is 136 g/mol. The van der Waals surface area contributed by atoms with E-state index in [9.17, 15) is 0 Å². The first-order valence-corrected chi connectivity index (χ1v) is 3.95. The average molecular weight is 148 g/mol. The molecule has 0 aliphatic rings. The Hall–Kier alpha value is -0.220. The molecule has 54 valence electrons. The summed E-state index contributed by atoms with van der Waals surface area (Å²) in [6.45, 7) is 2.64. The van der Waals surface area contributed by atoms with Gasteiger partial charge in [0.25, 0.3) is 0 Å². The predicted molar refractivity (Wildman–Crippen MR) is 41.0 cm³/mol. The highest BCUT2D eigenvalue weighted by atomic mass is 32.2. The van der Waals surface area contributed by atoms with Gasteiger partial charge in [0.15, 0.2) is 5.17 Å². The Bertz CT molecular complexity index is 103. The van der Waals surface area contributed by atoms with Crippen molar-refractivity contribution in [2.45, 2.75) is 6.92 Å². The smallest absolute Gasteiger partial charge is 0.182 e. The number of hydrogen-bond donors (Lipinski definition) is 1. The maximum Gasteiger partial charge on any atom is 0.182 e. The lowest BCUT2D eigenvalue weighted by Crippen LogP contribution is -2.19. The topological polar surface area (TPSA) is 35.8 Å². The summed E-state index contributed by atoms with van der Waals surface area (Å²) in [6, 6.07) is 0. The second-order valence-electron chi connectivity index (χ2n) is 1.48. The van der Waals surface area contributed by atoms with Gasteiger partial charge in [0.05, 0.1) is 0 Å². The van der Waals surface area contributed by atoms with Crippen molar-refractivity contribution in [3.63, 3.8) is 0 Å². The molecule has 0 rings (SSSR count). The molecule has 9 heavy (non-hydrogen) atoms. The zero-order chi connectivity index (χ0) is 7.28. The fourth-order valence-corrected chi connectivity index (χ4v) is 0.957. The van der Waals surface area contributed by atoms with E-state index in [1.165, 1.54) is 11.8 Å². The van der Waals surface area contributed by atoms with Crippen molar-refractivity contribution in [3.05, 3.63) is 0 Å². The van der Waals surface area contributed by atoms with Gasteiger partial charge < -0.3 is 0 Å². The Morgan fingerprint density at radius 1 is 1.78 bits per heavy atom. The van der Waals surface area contributed by atoms with Crippen LogP contribution < -0.4 is 0 Å². The van der Waals surface area contributed by atoms with Crippen molar-refractivity contribution >= 4 is 16.9 Å². The highest BCUT2D eigenvalue weighted by molar-refractivity contribution is 8.13. The highest BCUT2D eigenvalue weighted by Gasteiger charge is 1.97. The minimum atomic E-state index is 0.650. The molecule has 0 saturated carbocycles. The van der Waals surface area contributed by atoms with Crippen LogP contribution in [0.4, 0.5) is 0 Å². The summed E-state index contributed by atoms with van der Waals surface area (Å²) in [4.78, 5) is 4.00. The molecule has 0 amide bonds. The lowest BCUT2D eigenvalue weighted by Gasteiger charge is -2.09. The van der Waals surface area contributed by atoms with Crippen molar-refractivity contribution < 1.29 is 5.21 Å². The average Bonchev–Trinajstić information content (AvgIpc) is 1.82. The van der Waals surface area contributed by atoms with Crippen LogP contribution in [0.1, 0.15) is 6.92 Å². The van der Waals surface area contributed by atoms with E-state index in [0.29, 0.717) is 11.7 Å². The van der Waals surface area contributed by atoms with E-state index in [2.05, 4.69) is 4.99 Å². The van der Waals surface area contributed by atoms with Gasteiger partial charge >= 0.3 is 0 Å². The van der Waals surface area contributed by atoms with Crippen LogP contribution in [0.15, 0.2) is 4.99 Å². The summed E-state index contributed by atoms with van der Waals surface area (Å²) in [5, 5.41) is 10.5. The van der Waals surface area contributed by atoms with E-state index < -0.39 is 0 Å². The number of aliphatic imine (C=N–C) groups is 1. The molecule has 0 aromatic rings. The van der Waals surface area contributed by atoms with E-state index in [1.54, 1.807) is 7.05 Å². The molecule has 0 aromatic carbocycles. The van der Waals surface area contributed by atoms with Crippen LogP contribution in [0.25, 0.3) is 0 Å². The van der Waals surface area contributed by atoms with Gasteiger partial charge in [-0.15, -0.1) is 0 Å². The molecule has 0 saturated heterocycles. The number of rotatable bonds is 1. The SMILES string of the molecule is CCN=C(SC)N(C)O. The Morgan fingerprint density at radius 2 is 2.33 bits per heavy atom. The number of hydrogen-bond acceptors (Lipinski definition) is 3. The zero-order valence-corrected chi connectivity index (χ0v) is 6.77. The fraction of sp³-hybridized carbons (Fsp3) is 0.800. The normalized spacial score (nSPS) is 11.8. The van der Waals surface area contributed by atoms with Crippen LogP contribution in [0, 0.1) is 0 Å². The molecule has 0 aliphatic carbocycles. The third kappa shape index (κ3) is 3.37. The molecule has 0 spiro atoms. The largest absolute Gasteiger partial charge is 0.287 e. The van der Waals surface area contributed by atoms with E-state index in [4.69, 9.17) is 5.21 Å². The standard InChI is InChI=1S/C5H12N2OS/c1-4-6-5(9-3)7(2)8/h8H,4H2,1-3H3. The summed E-state index contributed by atoms with van der Waals surface area (Å²) in [6.07, 6.45) is 1.88. The van der Waals surface area contributed by atoms with Gasteiger partial charge in [-0.1, -0.05) is 11.8 Å². The first-order valence-electron chi connectivity index (χ1n) is 2.73. The van der Waals surface area contributed by atoms with Gasteiger partial charge in [-0.3, -0.25) is 10.2 Å². The van der Waals surface area contributed by atoms with E-state index in [1.807, 2.05) is 13.2 Å². The van der Waals surface area contributed by atoms with Crippen molar-refractivity contribution in [2.24, 2.45) is 4.99 Å². The van der Waals surface area contributed by atoms with Crippen LogP contribution in [0.2, 0.25) is 0 Å². The van der Waals surface area contributed by atoms with Crippen molar-refractivity contribution in [2.75, 3.05) is 19.8 Å². The van der Waals surface area contributed by atoms with Gasteiger partial charge in [-0.25, -0.2) is 5.06 Å². The third-order valence-electron chi connectivity index (χ3n) is 0.753. The molecule has 3 nitrogen and oxygen atoms in total. The molecular formula is C5H12N2OS. The summed E-state index contributed by atoms with van der Waals surface area (Å²) in [5.41, 5.74) is 0. The third-order valence-corrected chi connectivity index (χ3v) is 1.51. The van der Waals surface area contributed by atoms with Gasteiger partial charge in [0, 0.05) is 13.6 Å². The molecule has 0 aromatic heterocycles. The Balaban J connectivity index is 3.81. The van der Waals surface area contributed by atoms with Gasteiger partial charge in [0.2, 0.25) is 0 Å². The number of hydroxylamine groups is 2. The Morgan fingerprint density at radius 3 is 2.44 bits per heavy atom. The van der Waals surface area contributed by atoms with Crippen molar-refractivity contribution in [1.82, 2.24) is 5.06 Å². The second kappa shape index (κ2) is 4.64. The minimum Gasteiger partial charge on any atom is -0.287 e. The monoisotopic (exact) mass is 148 g/mol. The maximum absolute atomic E-state index is 8.82.